The summed E-state index contributed by atoms with van der Waals surface area (Å²) in [6.07, 6.45) is 0.913. The molecular weight excluding hydrogens is 439 g/mol. The zero-order chi connectivity index (χ0) is 22.0. The van der Waals surface area contributed by atoms with Crippen LogP contribution in [0.15, 0.2) is 47.6 Å². The van der Waals surface area contributed by atoms with Crippen molar-refractivity contribution >= 4 is 35.0 Å². The second-order valence-electron chi connectivity index (χ2n) is 6.96. The summed E-state index contributed by atoms with van der Waals surface area (Å²) in [7, 11) is 0. The number of hydrogen-bond acceptors (Lipinski definition) is 6. The molecule has 9 heteroatoms. The SMILES string of the molecule is CCCCSc1nnc2c(n1)OC(c1c(F)cccc1Cl)N(C(C)=O)c1ccccc1-2. The highest BCUT2D eigenvalue weighted by Crippen LogP contribution is 2.44. The van der Waals surface area contributed by atoms with Gasteiger partial charge >= 0.3 is 0 Å². The number of carbonyl (C=O) groups is 1. The molecule has 2 heterocycles. The van der Waals surface area contributed by atoms with Crippen LogP contribution in [-0.4, -0.2) is 26.8 Å². The number of hydrogen-bond donors (Lipinski definition) is 0. The van der Waals surface area contributed by atoms with Crippen molar-refractivity contribution in [3.8, 4) is 17.1 Å². The Bertz CT molecular complexity index is 1110. The van der Waals surface area contributed by atoms with Crippen molar-refractivity contribution in [2.75, 3.05) is 10.7 Å². The van der Waals surface area contributed by atoms with Crippen molar-refractivity contribution in [2.24, 2.45) is 0 Å². The van der Waals surface area contributed by atoms with E-state index in [1.807, 2.05) is 6.07 Å². The van der Waals surface area contributed by atoms with Gasteiger partial charge in [0.15, 0.2) is 5.69 Å². The molecule has 1 aliphatic rings. The molecule has 0 bridgehead atoms. The average molecular weight is 459 g/mol. The molecule has 1 aromatic heterocycles. The number of thioether (sulfide) groups is 1. The first-order chi connectivity index (χ1) is 15.0. The summed E-state index contributed by atoms with van der Waals surface area (Å²) in [6, 6.07) is 11.5. The van der Waals surface area contributed by atoms with E-state index in [1.165, 1.54) is 35.7 Å². The van der Waals surface area contributed by atoms with Gasteiger partial charge in [0.1, 0.15) is 5.82 Å². The molecule has 0 saturated carbocycles. The number of amides is 1. The second-order valence-corrected chi connectivity index (χ2v) is 8.43. The fourth-order valence-electron chi connectivity index (χ4n) is 3.36. The molecule has 31 heavy (non-hydrogen) atoms. The normalized spacial score (nSPS) is 15.0. The van der Waals surface area contributed by atoms with Crippen molar-refractivity contribution in [3.63, 3.8) is 0 Å². The minimum atomic E-state index is -1.15. The van der Waals surface area contributed by atoms with E-state index in [2.05, 4.69) is 22.1 Å². The summed E-state index contributed by atoms with van der Waals surface area (Å²) in [5, 5.41) is 9.18. The maximum atomic E-state index is 14.9. The third kappa shape index (κ3) is 4.22. The third-order valence-corrected chi connectivity index (χ3v) is 6.08. The van der Waals surface area contributed by atoms with E-state index < -0.39 is 12.0 Å². The van der Waals surface area contributed by atoms with Gasteiger partial charge in [0, 0.05) is 18.2 Å². The first kappa shape index (κ1) is 21.5. The monoisotopic (exact) mass is 458 g/mol. The molecule has 0 fully saturated rings. The predicted octanol–water partition coefficient (Wildman–Crippen LogP) is 5.67. The molecular formula is C22H20ClFN4O2S. The maximum absolute atomic E-state index is 14.9. The quantitative estimate of drug-likeness (QED) is 0.362. The largest absolute Gasteiger partial charge is 0.447 e. The Balaban J connectivity index is 1.90. The topological polar surface area (TPSA) is 68.2 Å². The van der Waals surface area contributed by atoms with Gasteiger partial charge in [0.05, 0.1) is 16.3 Å². The molecule has 0 aliphatic carbocycles. The van der Waals surface area contributed by atoms with Crippen molar-refractivity contribution in [1.29, 1.82) is 0 Å². The zero-order valence-electron chi connectivity index (χ0n) is 17.0. The van der Waals surface area contributed by atoms with Crippen LogP contribution in [0.5, 0.6) is 5.88 Å². The molecule has 160 valence electrons. The molecule has 2 aromatic carbocycles. The summed E-state index contributed by atoms with van der Waals surface area (Å²) in [5.74, 6) is 0.101. The molecule has 1 amide bonds. The van der Waals surface area contributed by atoms with E-state index >= 15 is 0 Å². The van der Waals surface area contributed by atoms with E-state index in [0.717, 1.165) is 18.6 Å². The van der Waals surface area contributed by atoms with Crippen LogP contribution in [0.4, 0.5) is 10.1 Å². The highest BCUT2D eigenvalue weighted by molar-refractivity contribution is 7.99. The number of unbranched alkanes of at least 4 members (excludes halogenated alkanes) is 1. The van der Waals surface area contributed by atoms with Crippen LogP contribution in [0.25, 0.3) is 11.3 Å². The number of nitrogens with zero attached hydrogens (tertiary/aromatic N) is 4. The lowest BCUT2D eigenvalue weighted by Crippen LogP contribution is -2.36. The number of carbonyl (C=O) groups excluding carboxylic acids is 1. The summed E-state index contributed by atoms with van der Waals surface area (Å²) in [4.78, 5) is 18.6. The molecule has 6 nitrogen and oxygen atoms in total. The van der Waals surface area contributed by atoms with E-state index in [9.17, 15) is 9.18 Å². The van der Waals surface area contributed by atoms with Crippen molar-refractivity contribution in [1.82, 2.24) is 15.2 Å². The number of benzene rings is 2. The lowest BCUT2D eigenvalue weighted by molar-refractivity contribution is -0.118. The van der Waals surface area contributed by atoms with Crippen LogP contribution in [0, 0.1) is 5.82 Å². The van der Waals surface area contributed by atoms with Gasteiger partial charge in [-0.25, -0.2) is 4.39 Å². The number of anilines is 1. The number of fused-ring (bicyclic) bond motifs is 3. The Hall–Kier alpha value is -2.71. The summed E-state index contributed by atoms with van der Waals surface area (Å²) in [6.45, 7) is 3.50. The number of ether oxygens (including phenoxy) is 1. The maximum Gasteiger partial charge on any atom is 0.247 e. The van der Waals surface area contributed by atoms with Gasteiger partial charge in [-0.15, -0.1) is 10.2 Å². The van der Waals surface area contributed by atoms with Gasteiger partial charge in [0.2, 0.25) is 23.2 Å². The number of halogens is 2. The van der Waals surface area contributed by atoms with Crippen LogP contribution in [0.1, 0.15) is 38.5 Å². The third-order valence-electron chi connectivity index (χ3n) is 4.83. The summed E-state index contributed by atoms with van der Waals surface area (Å²) >= 11 is 7.82. The van der Waals surface area contributed by atoms with Crippen LogP contribution in [0.3, 0.4) is 0 Å². The molecule has 1 aliphatic heterocycles. The van der Waals surface area contributed by atoms with E-state index in [1.54, 1.807) is 24.3 Å². The van der Waals surface area contributed by atoms with Gasteiger partial charge in [-0.2, -0.15) is 4.98 Å². The van der Waals surface area contributed by atoms with Gasteiger partial charge in [0.25, 0.3) is 0 Å². The molecule has 0 saturated heterocycles. The molecule has 4 rings (SSSR count). The Morgan fingerprint density at radius 3 is 2.77 bits per heavy atom. The van der Waals surface area contributed by atoms with Crippen molar-refractivity contribution in [2.45, 2.75) is 38.1 Å². The molecule has 0 radical (unpaired) electrons. The number of aromatic nitrogens is 3. The highest BCUT2D eigenvalue weighted by Gasteiger charge is 2.37. The molecule has 1 unspecified atom stereocenters. The minimum Gasteiger partial charge on any atom is -0.447 e. The zero-order valence-corrected chi connectivity index (χ0v) is 18.6. The average Bonchev–Trinajstić information content (AvgIpc) is 2.88. The number of rotatable bonds is 5. The molecule has 1 atom stereocenters. The van der Waals surface area contributed by atoms with Crippen molar-refractivity contribution in [3.05, 3.63) is 58.9 Å². The van der Waals surface area contributed by atoms with Gasteiger partial charge in [-0.3, -0.25) is 9.69 Å². The van der Waals surface area contributed by atoms with Crippen molar-refractivity contribution < 1.29 is 13.9 Å². The smallest absolute Gasteiger partial charge is 0.247 e. The predicted molar refractivity (Wildman–Crippen MR) is 119 cm³/mol. The lowest BCUT2D eigenvalue weighted by atomic mass is 10.1. The Labute approximate surface area is 188 Å². The first-order valence-corrected chi connectivity index (χ1v) is 11.2. The van der Waals surface area contributed by atoms with Crippen LogP contribution < -0.4 is 9.64 Å². The minimum absolute atomic E-state index is 0.0563. The Morgan fingerprint density at radius 1 is 1.23 bits per heavy atom. The Kier molecular flexibility index (Phi) is 6.38. The summed E-state index contributed by atoms with van der Waals surface area (Å²) in [5.41, 5.74) is 1.57. The van der Waals surface area contributed by atoms with Gasteiger partial charge < -0.3 is 4.74 Å². The van der Waals surface area contributed by atoms with Crippen LogP contribution in [0.2, 0.25) is 5.02 Å². The van der Waals surface area contributed by atoms with E-state index in [0.29, 0.717) is 22.1 Å². The second kappa shape index (κ2) is 9.20. The molecule has 0 N–H and O–H groups in total. The van der Waals surface area contributed by atoms with Crippen LogP contribution in [-0.2, 0) is 4.79 Å². The first-order valence-electron chi connectivity index (χ1n) is 9.88. The van der Waals surface area contributed by atoms with Gasteiger partial charge in [-0.05, 0) is 24.6 Å². The van der Waals surface area contributed by atoms with E-state index in [-0.39, 0.29) is 22.4 Å². The standard InChI is InChI=1S/C22H20ClFN4O2S/c1-3-4-12-31-22-25-20-19(26-27-22)14-8-5-6-11-17(14)28(13(2)29)21(30-20)18-15(23)9-7-10-16(18)24/h5-11,21H,3-4,12H2,1-2H3. The lowest BCUT2D eigenvalue weighted by Gasteiger charge is -2.30. The fourth-order valence-corrected chi connectivity index (χ4v) is 4.47. The molecule has 0 spiro atoms. The number of para-hydroxylation sites is 1. The highest BCUT2D eigenvalue weighted by atomic mass is 35.5. The molecule has 3 aromatic rings. The Morgan fingerprint density at radius 2 is 2.03 bits per heavy atom. The fraction of sp³-hybridized carbons (Fsp3) is 0.273. The van der Waals surface area contributed by atoms with E-state index in [4.69, 9.17) is 16.3 Å². The van der Waals surface area contributed by atoms with Gasteiger partial charge in [-0.1, -0.05) is 61.0 Å². The summed E-state index contributed by atoms with van der Waals surface area (Å²) < 4.78 is 21.0. The van der Waals surface area contributed by atoms with Crippen LogP contribution >= 0.6 is 23.4 Å².